The predicted molar refractivity (Wildman–Crippen MR) is 64.4 cm³/mol. The molecule has 0 saturated carbocycles. The predicted octanol–water partition coefficient (Wildman–Crippen LogP) is 0.807. The topological polar surface area (TPSA) is 67.2 Å². The van der Waals surface area contributed by atoms with Crippen LogP contribution in [0, 0.1) is 5.92 Å². The van der Waals surface area contributed by atoms with Crippen LogP contribution in [0.25, 0.3) is 0 Å². The van der Waals surface area contributed by atoms with Gasteiger partial charge in [0.2, 0.25) is 0 Å². The maximum Gasteiger partial charge on any atom is 0.250 e. The van der Waals surface area contributed by atoms with Crippen molar-refractivity contribution in [2.75, 3.05) is 25.0 Å². The third-order valence-corrected chi connectivity index (χ3v) is 2.94. The summed E-state index contributed by atoms with van der Waals surface area (Å²) in [6.07, 6.45) is 1.19. The molecule has 0 spiro atoms. The van der Waals surface area contributed by atoms with E-state index in [1.807, 2.05) is 18.2 Å². The van der Waals surface area contributed by atoms with Crippen LogP contribution in [0.5, 0.6) is 0 Å². The first-order valence-electron chi connectivity index (χ1n) is 5.61. The van der Waals surface area contributed by atoms with Gasteiger partial charge in [-0.2, -0.15) is 0 Å². The fourth-order valence-electron chi connectivity index (χ4n) is 2.00. The Kier molecular flexibility index (Phi) is 3.41. The summed E-state index contributed by atoms with van der Waals surface area (Å²) >= 11 is 0. The molecule has 1 aromatic rings. The van der Waals surface area contributed by atoms with E-state index in [0.29, 0.717) is 11.5 Å². The van der Waals surface area contributed by atoms with Crippen LogP contribution >= 0.6 is 0 Å². The molecule has 16 heavy (non-hydrogen) atoms. The van der Waals surface area contributed by atoms with Gasteiger partial charge in [0, 0.05) is 12.2 Å². The highest BCUT2D eigenvalue weighted by atomic mass is 16.1. The summed E-state index contributed by atoms with van der Waals surface area (Å²) in [5, 5.41) is 6.61. The van der Waals surface area contributed by atoms with Gasteiger partial charge in [0.1, 0.15) is 0 Å². The van der Waals surface area contributed by atoms with Crippen LogP contribution < -0.4 is 16.4 Å². The lowest BCUT2D eigenvalue weighted by Gasteiger charge is -2.13. The number of carbonyl (C=O) groups excluding carboxylic acids is 1. The normalized spacial score (nSPS) is 19.6. The smallest absolute Gasteiger partial charge is 0.250 e. The van der Waals surface area contributed by atoms with Crippen LogP contribution in [-0.4, -0.2) is 25.5 Å². The molecule has 1 aliphatic rings. The number of anilines is 1. The molecule has 4 heteroatoms. The van der Waals surface area contributed by atoms with Crippen molar-refractivity contribution in [3.8, 4) is 0 Å². The molecule has 1 atom stereocenters. The van der Waals surface area contributed by atoms with Crippen molar-refractivity contribution in [2.24, 2.45) is 11.7 Å². The van der Waals surface area contributed by atoms with Crippen molar-refractivity contribution in [2.45, 2.75) is 6.42 Å². The van der Waals surface area contributed by atoms with Crippen LogP contribution in [0.3, 0.4) is 0 Å². The molecule has 0 aromatic heterocycles. The molecular formula is C12H17N3O. The summed E-state index contributed by atoms with van der Waals surface area (Å²) in [5.74, 6) is 0.258. The summed E-state index contributed by atoms with van der Waals surface area (Å²) in [6, 6.07) is 7.37. The van der Waals surface area contributed by atoms with Gasteiger partial charge in [-0.15, -0.1) is 0 Å². The summed E-state index contributed by atoms with van der Waals surface area (Å²) < 4.78 is 0. The molecule has 4 N–H and O–H groups in total. The minimum atomic E-state index is -0.382. The molecule has 1 heterocycles. The molecule has 1 saturated heterocycles. The van der Waals surface area contributed by atoms with E-state index >= 15 is 0 Å². The number of benzene rings is 1. The van der Waals surface area contributed by atoms with Crippen molar-refractivity contribution in [1.29, 1.82) is 0 Å². The molecule has 1 unspecified atom stereocenters. The lowest BCUT2D eigenvalue weighted by Crippen LogP contribution is -2.20. The Morgan fingerprint density at radius 2 is 2.31 bits per heavy atom. The van der Waals surface area contributed by atoms with Crippen molar-refractivity contribution in [3.05, 3.63) is 29.8 Å². The molecule has 1 amide bonds. The lowest BCUT2D eigenvalue weighted by molar-refractivity contribution is 0.100. The summed E-state index contributed by atoms with van der Waals surface area (Å²) in [7, 11) is 0. The molecule has 1 fully saturated rings. The second-order valence-corrected chi connectivity index (χ2v) is 4.15. The van der Waals surface area contributed by atoms with Gasteiger partial charge in [-0.3, -0.25) is 4.79 Å². The minimum Gasteiger partial charge on any atom is -0.384 e. The number of carbonyl (C=O) groups is 1. The number of nitrogens with one attached hydrogen (secondary N) is 2. The van der Waals surface area contributed by atoms with Gasteiger partial charge in [-0.1, -0.05) is 12.1 Å². The first-order valence-corrected chi connectivity index (χ1v) is 5.61. The Morgan fingerprint density at radius 3 is 3.00 bits per heavy atom. The van der Waals surface area contributed by atoms with Gasteiger partial charge in [0.25, 0.3) is 5.91 Å². The molecule has 1 aliphatic heterocycles. The van der Waals surface area contributed by atoms with E-state index in [2.05, 4.69) is 10.6 Å². The van der Waals surface area contributed by atoms with Crippen molar-refractivity contribution in [1.82, 2.24) is 5.32 Å². The maximum absolute atomic E-state index is 11.2. The fourth-order valence-corrected chi connectivity index (χ4v) is 2.00. The molecule has 0 aliphatic carbocycles. The largest absolute Gasteiger partial charge is 0.384 e. The zero-order valence-corrected chi connectivity index (χ0v) is 9.20. The number of nitrogens with two attached hydrogens (primary N) is 1. The Hall–Kier alpha value is -1.55. The quantitative estimate of drug-likeness (QED) is 0.702. The molecule has 86 valence electrons. The molecule has 1 aromatic carbocycles. The molecule has 0 radical (unpaired) electrons. The standard InChI is InChI=1S/C12H17N3O/c13-12(16)10-3-1-2-4-11(10)15-8-9-5-6-14-7-9/h1-4,9,14-15H,5-8H2,(H2,13,16). The monoisotopic (exact) mass is 219 g/mol. The van der Waals surface area contributed by atoms with E-state index in [9.17, 15) is 4.79 Å². The molecular weight excluding hydrogens is 202 g/mol. The number of amides is 1. The molecule has 4 nitrogen and oxygen atoms in total. The van der Waals surface area contributed by atoms with E-state index in [0.717, 1.165) is 25.3 Å². The van der Waals surface area contributed by atoms with Crippen LogP contribution in [0.1, 0.15) is 16.8 Å². The fraction of sp³-hybridized carbons (Fsp3) is 0.417. The lowest BCUT2D eigenvalue weighted by atomic mass is 10.1. The zero-order chi connectivity index (χ0) is 11.4. The van der Waals surface area contributed by atoms with E-state index in [4.69, 9.17) is 5.73 Å². The highest BCUT2D eigenvalue weighted by Gasteiger charge is 2.15. The maximum atomic E-state index is 11.2. The Bertz CT molecular complexity index is 372. The summed E-state index contributed by atoms with van der Waals surface area (Å²) in [6.45, 7) is 3.02. The highest BCUT2D eigenvalue weighted by molar-refractivity contribution is 5.98. The van der Waals surface area contributed by atoms with E-state index in [-0.39, 0.29) is 5.91 Å². The summed E-state index contributed by atoms with van der Waals surface area (Å²) in [4.78, 5) is 11.2. The molecule has 0 bridgehead atoms. The average molecular weight is 219 g/mol. The Labute approximate surface area is 95.2 Å². The van der Waals surface area contributed by atoms with E-state index in [1.54, 1.807) is 6.07 Å². The third kappa shape index (κ3) is 2.52. The number of rotatable bonds is 4. The van der Waals surface area contributed by atoms with Gasteiger partial charge in [-0.05, 0) is 37.6 Å². The van der Waals surface area contributed by atoms with Gasteiger partial charge in [-0.25, -0.2) is 0 Å². The number of para-hydroxylation sites is 1. The third-order valence-electron chi connectivity index (χ3n) is 2.94. The van der Waals surface area contributed by atoms with Gasteiger partial charge in [0.05, 0.1) is 5.56 Å². The number of primary amides is 1. The van der Waals surface area contributed by atoms with Gasteiger partial charge < -0.3 is 16.4 Å². The summed E-state index contributed by atoms with van der Waals surface area (Å²) in [5.41, 5.74) is 6.71. The molecule has 2 rings (SSSR count). The Morgan fingerprint density at radius 1 is 1.50 bits per heavy atom. The first-order chi connectivity index (χ1) is 7.77. The highest BCUT2D eigenvalue weighted by Crippen LogP contribution is 2.16. The van der Waals surface area contributed by atoms with Gasteiger partial charge >= 0.3 is 0 Å². The van der Waals surface area contributed by atoms with Crippen LogP contribution in [0.4, 0.5) is 5.69 Å². The average Bonchev–Trinajstić information content (AvgIpc) is 2.79. The first kappa shape index (κ1) is 11.0. The van der Waals surface area contributed by atoms with Crippen molar-refractivity contribution >= 4 is 11.6 Å². The van der Waals surface area contributed by atoms with Crippen LogP contribution in [-0.2, 0) is 0 Å². The van der Waals surface area contributed by atoms with E-state index in [1.165, 1.54) is 6.42 Å². The van der Waals surface area contributed by atoms with Crippen molar-refractivity contribution < 1.29 is 4.79 Å². The number of hydrogen-bond donors (Lipinski definition) is 3. The van der Waals surface area contributed by atoms with Crippen LogP contribution in [0.2, 0.25) is 0 Å². The second kappa shape index (κ2) is 4.99. The Balaban J connectivity index is 2.00. The zero-order valence-electron chi connectivity index (χ0n) is 9.20. The second-order valence-electron chi connectivity index (χ2n) is 4.15. The SMILES string of the molecule is NC(=O)c1ccccc1NCC1CCNC1. The van der Waals surface area contributed by atoms with Crippen molar-refractivity contribution in [3.63, 3.8) is 0 Å². The van der Waals surface area contributed by atoms with E-state index < -0.39 is 0 Å². The van der Waals surface area contributed by atoms with Crippen LogP contribution in [0.15, 0.2) is 24.3 Å². The van der Waals surface area contributed by atoms with Gasteiger partial charge in [0.15, 0.2) is 0 Å². The minimum absolute atomic E-state index is 0.382. The number of hydrogen-bond acceptors (Lipinski definition) is 3.